The molecule has 0 amide bonds. The Morgan fingerprint density at radius 1 is 1.40 bits per heavy atom. The Morgan fingerprint density at radius 3 is 2.80 bits per heavy atom. The van der Waals surface area contributed by atoms with Crippen LogP contribution in [-0.4, -0.2) is 57.4 Å². The van der Waals surface area contributed by atoms with E-state index in [-0.39, 0.29) is 24.0 Å². The molecule has 1 saturated heterocycles. The predicted octanol–water partition coefficient (Wildman–Crippen LogP) is 3.55. The number of rotatable bonds is 8. The van der Waals surface area contributed by atoms with Crippen LogP contribution in [0.2, 0.25) is 5.02 Å². The van der Waals surface area contributed by atoms with Gasteiger partial charge in [0, 0.05) is 45.4 Å². The largest absolute Gasteiger partial charge is 0.379 e. The molecular formula is C18H29ClIN3O2. The molecule has 2 rings (SSSR count). The van der Waals surface area contributed by atoms with Crippen molar-refractivity contribution < 1.29 is 9.47 Å². The van der Waals surface area contributed by atoms with Crippen molar-refractivity contribution in [3.63, 3.8) is 0 Å². The average Bonchev–Trinajstić information content (AvgIpc) is 3.09. The van der Waals surface area contributed by atoms with E-state index in [1.165, 1.54) is 5.56 Å². The molecule has 1 N–H and O–H groups in total. The quantitative estimate of drug-likeness (QED) is 0.267. The Balaban J connectivity index is 0.00000312. The van der Waals surface area contributed by atoms with Gasteiger partial charge in [-0.05, 0) is 37.0 Å². The summed E-state index contributed by atoms with van der Waals surface area (Å²) < 4.78 is 11.2. The monoisotopic (exact) mass is 481 g/mol. The molecular weight excluding hydrogens is 453 g/mol. The van der Waals surface area contributed by atoms with Crippen molar-refractivity contribution in [1.82, 2.24) is 10.2 Å². The summed E-state index contributed by atoms with van der Waals surface area (Å²) in [6.07, 6.45) is 3.53. The zero-order chi connectivity index (χ0) is 17.2. The van der Waals surface area contributed by atoms with E-state index in [1.807, 2.05) is 31.3 Å². The van der Waals surface area contributed by atoms with Crippen LogP contribution in [0, 0.1) is 0 Å². The molecule has 0 saturated carbocycles. The van der Waals surface area contributed by atoms with Crippen molar-refractivity contribution >= 4 is 41.5 Å². The number of nitrogens with one attached hydrogen (secondary N) is 1. The highest BCUT2D eigenvalue weighted by Crippen LogP contribution is 2.12. The second kappa shape index (κ2) is 12.7. The lowest BCUT2D eigenvalue weighted by atomic mass is 10.2. The third-order valence-electron chi connectivity index (χ3n) is 3.98. The minimum Gasteiger partial charge on any atom is -0.379 e. The fourth-order valence-electron chi connectivity index (χ4n) is 2.69. The molecule has 1 heterocycles. The molecule has 1 aliphatic rings. The van der Waals surface area contributed by atoms with E-state index in [9.17, 15) is 0 Å². The smallest absolute Gasteiger partial charge is 0.193 e. The molecule has 25 heavy (non-hydrogen) atoms. The molecule has 0 aliphatic carbocycles. The van der Waals surface area contributed by atoms with E-state index in [0.29, 0.717) is 12.7 Å². The molecule has 0 spiro atoms. The van der Waals surface area contributed by atoms with Gasteiger partial charge in [-0.2, -0.15) is 0 Å². The number of ether oxygens (including phenoxy) is 2. The van der Waals surface area contributed by atoms with Gasteiger partial charge in [-0.15, -0.1) is 24.0 Å². The standard InChI is InChI=1S/C18H28ClN3O2.HI/c1-20-18(22(2)13-15-6-8-16(19)9-7-15)21-10-4-11-23-14-17-5-3-12-24-17;/h6-9,17H,3-5,10-14H2,1-2H3,(H,20,21);1H. The average molecular weight is 482 g/mol. The van der Waals surface area contributed by atoms with Crippen molar-refractivity contribution in [2.45, 2.75) is 31.9 Å². The maximum absolute atomic E-state index is 5.92. The van der Waals surface area contributed by atoms with Crippen molar-refractivity contribution in [3.8, 4) is 0 Å². The van der Waals surface area contributed by atoms with Crippen LogP contribution >= 0.6 is 35.6 Å². The van der Waals surface area contributed by atoms with Gasteiger partial charge in [-0.25, -0.2) is 0 Å². The molecule has 0 radical (unpaired) electrons. The van der Waals surface area contributed by atoms with E-state index in [0.717, 1.165) is 56.5 Å². The first-order valence-corrected chi connectivity index (χ1v) is 8.92. The zero-order valence-electron chi connectivity index (χ0n) is 15.0. The van der Waals surface area contributed by atoms with Crippen LogP contribution in [0.3, 0.4) is 0 Å². The minimum absolute atomic E-state index is 0. The highest BCUT2D eigenvalue weighted by atomic mass is 127. The third kappa shape index (κ3) is 8.57. The van der Waals surface area contributed by atoms with Crippen molar-refractivity contribution in [2.75, 3.05) is 40.5 Å². The fourth-order valence-corrected chi connectivity index (χ4v) is 2.81. The van der Waals surface area contributed by atoms with E-state index >= 15 is 0 Å². The van der Waals surface area contributed by atoms with E-state index in [4.69, 9.17) is 21.1 Å². The van der Waals surface area contributed by atoms with Crippen LogP contribution < -0.4 is 5.32 Å². The van der Waals surface area contributed by atoms with Gasteiger partial charge in [0.15, 0.2) is 5.96 Å². The molecule has 1 aliphatic heterocycles. The number of nitrogens with zero attached hydrogens (tertiary/aromatic N) is 2. The Bertz CT molecular complexity index is 508. The van der Waals surface area contributed by atoms with Crippen LogP contribution in [0.4, 0.5) is 0 Å². The maximum atomic E-state index is 5.92. The van der Waals surface area contributed by atoms with Crippen molar-refractivity contribution in [2.24, 2.45) is 4.99 Å². The Hall–Kier alpha value is -0.570. The van der Waals surface area contributed by atoms with Gasteiger partial charge in [0.25, 0.3) is 0 Å². The molecule has 0 aromatic heterocycles. The van der Waals surface area contributed by atoms with E-state index in [1.54, 1.807) is 7.05 Å². The Kier molecular flexibility index (Phi) is 11.4. The molecule has 142 valence electrons. The summed E-state index contributed by atoms with van der Waals surface area (Å²) in [5.74, 6) is 0.879. The number of halogens is 2. The van der Waals surface area contributed by atoms with E-state index in [2.05, 4.69) is 15.2 Å². The normalized spacial score (nSPS) is 17.2. The van der Waals surface area contributed by atoms with Crippen molar-refractivity contribution in [3.05, 3.63) is 34.9 Å². The molecule has 5 nitrogen and oxygen atoms in total. The number of aliphatic imine (C=N–C) groups is 1. The van der Waals surface area contributed by atoms with Crippen LogP contribution in [0.15, 0.2) is 29.3 Å². The lowest BCUT2D eigenvalue weighted by Crippen LogP contribution is -2.39. The molecule has 1 aromatic rings. The topological polar surface area (TPSA) is 46.1 Å². The van der Waals surface area contributed by atoms with Crippen LogP contribution in [0.5, 0.6) is 0 Å². The predicted molar refractivity (Wildman–Crippen MR) is 114 cm³/mol. The van der Waals surface area contributed by atoms with Gasteiger partial charge in [-0.1, -0.05) is 23.7 Å². The van der Waals surface area contributed by atoms with Gasteiger partial charge in [0.1, 0.15) is 0 Å². The SMILES string of the molecule is CN=C(NCCCOCC1CCCO1)N(C)Cc1ccc(Cl)cc1.I. The van der Waals surface area contributed by atoms with E-state index < -0.39 is 0 Å². The van der Waals surface area contributed by atoms with Gasteiger partial charge in [-0.3, -0.25) is 4.99 Å². The van der Waals surface area contributed by atoms with Gasteiger partial charge in [0.2, 0.25) is 0 Å². The lowest BCUT2D eigenvalue weighted by Gasteiger charge is -2.22. The lowest BCUT2D eigenvalue weighted by molar-refractivity contribution is 0.0168. The number of hydrogen-bond acceptors (Lipinski definition) is 3. The first-order valence-electron chi connectivity index (χ1n) is 8.54. The molecule has 1 atom stereocenters. The first kappa shape index (κ1) is 22.5. The summed E-state index contributed by atoms with van der Waals surface area (Å²) in [5.41, 5.74) is 1.20. The summed E-state index contributed by atoms with van der Waals surface area (Å²) in [4.78, 5) is 6.42. The van der Waals surface area contributed by atoms with Crippen LogP contribution in [0.25, 0.3) is 0 Å². The van der Waals surface area contributed by atoms with Gasteiger partial charge < -0.3 is 19.7 Å². The number of guanidine groups is 1. The highest BCUT2D eigenvalue weighted by Gasteiger charge is 2.15. The van der Waals surface area contributed by atoms with Gasteiger partial charge in [0.05, 0.1) is 12.7 Å². The maximum Gasteiger partial charge on any atom is 0.193 e. The molecule has 1 fully saturated rings. The first-order chi connectivity index (χ1) is 11.7. The minimum atomic E-state index is 0. The van der Waals surface area contributed by atoms with Crippen molar-refractivity contribution in [1.29, 1.82) is 0 Å². The fraction of sp³-hybridized carbons (Fsp3) is 0.611. The molecule has 0 bridgehead atoms. The number of benzene rings is 1. The van der Waals surface area contributed by atoms with Gasteiger partial charge >= 0.3 is 0 Å². The van der Waals surface area contributed by atoms with Crippen LogP contribution in [0.1, 0.15) is 24.8 Å². The molecule has 7 heteroatoms. The summed E-state index contributed by atoms with van der Waals surface area (Å²) in [6.45, 7) is 3.96. The summed E-state index contributed by atoms with van der Waals surface area (Å²) in [5, 5.41) is 4.12. The zero-order valence-corrected chi connectivity index (χ0v) is 18.1. The summed E-state index contributed by atoms with van der Waals surface area (Å²) >= 11 is 5.92. The highest BCUT2D eigenvalue weighted by molar-refractivity contribution is 14.0. The van der Waals surface area contributed by atoms with Crippen LogP contribution in [-0.2, 0) is 16.0 Å². The Labute approximate surface area is 173 Å². The second-order valence-corrected chi connectivity index (χ2v) is 6.46. The third-order valence-corrected chi connectivity index (χ3v) is 4.23. The molecule has 1 unspecified atom stereocenters. The number of hydrogen-bond donors (Lipinski definition) is 1. The molecule has 1 aromatic carbocycles. The second-order valence-electron chi connectivity index (χ2n) is 6.02. The summed E-state index contributed by atoms with van der Waals surface area (Å²) in [6, 6.07) is 7.88. The summed E-state index contributed by atoms with van der Waals surface area (Å²) in [7, 11) is 3.83. The Morgan fingerprint density at radius 2 is 2.16 bits per heavy atom.